The first-order valence-corrected chi connectivity index (χ1v) is 18.5. The van der Waals surface area contributed by atoms with E-state index in [0.29, 0.717) is 5.58 Å². The Kier molecular flexibility index (Phi) is 9.96. The summed E-state index contributed by atoms with van der Waals surface area (Å²) in [5.74, 6) is -1.82. The van der Waals surface area contributed by atoms with Crippen LogP contribution in [-0.4, -0.2) is 9.97 Å². The van der Waals surface area contributed by atoms with Crippen molar-refractivity contribution in [2.75, 3.05) is 0 Å². The Morgan fingerprint density at radius 2 is 1.14 bits per heavy atom. The summed E-state index contributed by atoms with van der Waals surface area (Å²) in [4.78, 5) is 8.98. The molecule has 0 saturated heterocycles. The molecule has 1 unspecified atom stereocenters. The number of pyridine rings is 2. The van der Waals surface area contributed by atoms with Crippen LogP contribution >= 0.6 is 0 Å². The molecular formula is C51H37FIrN2O2-2. The van der Waals surface area contributed by atoms with Crippen LogP contribution in [0.5, 0.6) is 0 Å². The van der Waals surface area contributed by atoms with Gasteiger partial charge in [0.05, 0.1) is 11.2 Å². The number of benzene rings is 6. The van der Waals surface area contributed by atoms with E-state index >= 15 is 0 Å². The largest absolute Gasteiger partial charge is 0.501 e. The van der Waals surface area contributed by atoms with E-state index in [2.05, 4.69) is 22.1 Å². The molecule has 0 amide bonds. The molecule has 1 radical (unpaired) electrons. The van der Waals surface area contributed by atoms with E-state index in [1.807, 2.05) is 142 Å². The van der Waals surface area contributed by atoms with Gasteiger partial charge >= 0.3 is 0 Å². The summed E-state index contributed by atoms with van der Waals surface area (Å²) >= 11 is 0. The van der Waals surface area contributed by atoms with Gasteiger partial charge in [-0.2, -0.15) is 0 Å². The quantitative estimate of drug-likeness (QED) is 0.156. The number of fused-ring (bicyclic) bond motifs is 6. The van der Waals surface area contributed by atoms with Crippen LogP contribution in [0, 0.1) is 17.9 Å². The number of hydrogen-bond donors (Lipinski definition) is 0. The van der Waals surface area contributed by atoms with Gasteiger partial charge in [-0.15, -0.1) is 36.4 Å². The molecule has 4 heterocycles. The van der Waals surface area contributed by atoms with Gasteiger partial charge in [0.25, 0.3) is 0 Å². The van der Waals surface area contributed by atoms with Gasteiger partial charge in [-0.05, 0) is 81.5 Å². The maximum atomic E-state index is 13.4. The zero-order valence-electron chi connectivity index (χ0n) is 33.4. The van der Waals surface area contributed by atoms with Gasteiger partial charge in [0.1, 0.15) is 17.0 Å². The molecule has 10 aromatic rings. The van der Waals surface area contributed by atoms with E-state index in [-0.39, 0.29) is 25.9 Å². The fourth-order valence-corrected chi connectivity index (χ4v) is 7.16. The Morgan fingerprint density at radius 1 is 0.544 bits per heavy atom. The zero-order chi connectivity index (χ0) is 40.0. The predicted octanol–water partition coefficient (Wildman–Crippen LogP) is 14.0. The van der Waals surface area contributed by atoms with Crippen LogP contribution in [0.25, 0.3) is 77.5 Å². The third kappa shape index (κ3) is 7.42. The second-order valence-electron chi connectivity index (χ2n) is 14.0. The molecule has 4 nitrogen and oxygen atoms in total. The van der Waals surface area contributed by atoms with E-state index in [4.69, 9.17) is 11.6 Å². The minimum atomic E-state index is -0.908. The molecule has 0 spiro atoms. The number of aromatic nitrogens is 2. The fraction of sp³-hybridized carbons (Fsp3) is 0.0980. The Labute approximate surface area is 347 Å². The zero-order valence-corrected chi connectivity index (χ0v) is 33.8. The topological polar surface area (TPSA) is 52.1 Å². The van der Waals surface area contributed by atoms with Gasteiger partial charge in [0.2, 0.25) is 0 Å². The van der Waals surface area contributed by atoms with Crippen LogP contribution in [-0.2, 0) is 20.1 Å². The van der Waals surface area contributed by atoms with Crippen molar-refractivity contribution in [3.63, 3.8) is 0 Å². The summed E-state index contributed by atoms with van der Waals surface area (Å²) in [6.45, 7) is 5.66. The smallest absolute Gasteiger partial charge is 0.123 e. The molecule has 281 valence electrons. The summed E-state index contributed by atoms with van der Waals surface area (Å²) in [7, 11) is 0. The fourth-order valence-electron chi connectivity index (χ4n) is 7.16. The summed E-state index contributed by atoms with van der Waals surface area (Å²) in [5, 5.41) is 4.06. The number of nitrogens with zero attached hydrogens (tertiary/aromatic N) is 2. The Hall–Kier alpha value is -6.20. The molecule has 0 aliphatic heterocycles. The van der Waals surface area contributed by atoms with Gasteiger partial charge in [0, 0.05) is 51.9 Å². The van der Waals surface area contributed by atoms with Crippen molar-refractivity contribution in [3.05, 3.63) is 193 Å². The molecule has 57 heavy (non-hydrogen) atoms. The van der Waals surface area contributed by atoms with Crippen LogP contribution in [0.2, 0.25) is 0 Å². The number of furan rings is 2. The van der Waals surface area contributed by atoms with Crippen LogP contribution in [0.4, 0.5) is 4.39 Å². The summed E-state index contributed by atoms with van der Waals surface area (Å²) in [6.07, 6.45) is 3.51. The predicted molar refractivity (Wildman–Crippen MR) is 225 cm³/mol. The number of halogens is 1. The number of rotatable bonds is 6. The second kappa shape index (κ2) is 16.1. The average Bonchev–Trinajstić information content (AvgIpc) is 3.82. The normalized spacial score (nSPS) is 13.1. The van der Waals surface area contributed by atoms with Crippen molar-refractivity contribution < 1.29 is 36.1 Å². The molecule has 6 heteroatoms. The van der Waals surface area contributed by atoms with E-state index in [1.54, 1.807) is 24.5 Å². The van der Waals surface area contributed by atoms with Crippen molar-refractivity contribution >= 4 is 43.9 Å². The van der Waals surface area contributed by atoms with E-state index in [0.717, 1.165) is 88.6 Å². The SMILES string of the molecule is [2H]C(C)(C)c1ccc2c(c1)oc1c(-c3ccccn3)[c-]ccc12.[2H]C(C)(c1ccccc1)c1ccc2c(c1)oc1c(-c3cc(-c4ccc(F)cc4)ccn3)[c-]ccc12.[Ir]. The summed E-state index contributed by atoms with van der Waals surface area (Å²) in [5.41, 5.74) is 10.8. The standard InChI is InChI=1S/C31H21FNO.C20H16NO.Ir/c1-20(21-6-3-2-4-7-21)23-12-15-26-27-8-5-9-28(31(27)34-30(26)19-23)29-18-24(16-17-33-29)22-10-13-25(32)14-11-22;1-13(2)14-9-10-15-16-6-5-7-17(18-8-3-4-11-21-18)20(16)22-19(15)12-14;/h2-8,10-20H,1H3;3-6,8-13H,1-2H3;/q2*-1;/i20D;13D;. The van der Waals surface area contributed by atoms with Gasteiger partial charge in [-0.3, -0.25) is 0 Å². The van der Waals surface area contributed by atoms with Gasteiger partial charge < -0.3 is 18.8 Å². The molecule has 1 atom stereocenters. The summed E-state index contributed by atoms with van der Waals surface area (Å²) in [6, 6.07) is 52.2. The van der Waals surface area contributed by atoms with E-state index in [9.17, 15) is 4.39 Å². The maximum Gasteiger partial charge on any atom is 0.123 e. The molecule has 0 aliphatic rings. The maximum absolute atomic E-state index is 13.4. The first kappa shape index (κ1) is 35.2. The Bertz CT molecular complexity index is 3080. The van der Waals surface area contributed by atoms with Crippen molar-refractivity contribution in [1.82, 2.24) is 9.97 Å². The summed E-state index contributed by atoms with van der Waals surface area (Å²) < 4.78 is 43.1. The minimum absolute atomic E-state index is 0. The van der Waals surface area contributed by atoms with Gasteiger partial charge in [-0.25, -0.2) is 4.39 Å². The molecule has 0 saturated carbocycles. The molecule has 0 fully saturated rings. The second-order valence-corrected chi connectivity index (χ2v) is 14.0. The van der Waals surface area contributed by atoms with Crippen molar-refractivity contribution in [3.8, 4) is 33.6 Å². The van der Waals surface area contributed by atoms with Crippen LogP contribution < -0.4 is 0 Å². The van der Waals surface area contributed by atoms with Crippen LogP contribution in [0.3, 0.4) is 0 Å². The van der Waals surface area contributed by atoms with Gasteiger partial charge in [0.15, 0.2) is 0 Å². The molecule has 0 aliphatic carbocycles. The molecule has 6 aromatic carbocycles. The third-order valence-electron chi connectivity index (χ3n) is 10.2. The molecule has 4 aromatic heterocycles. The Morgan fingerprint density at radius 3 is 1.77 bits per heavy atom. The Balaban J connectivity index is 0.000000175. The molecule has 0 N–H and O–H groups in total. The first-order chi connectivity index (χ1) is 28.0. The number of hydrogen-bond acceptors (Lipinski definition) is 4. The van der Waals surface area contributed by atoms with E-state index in [1.165, 1.54) is 12.1 Å². The molecule has 0 bridgehead atoms. The average molecular weight is 923 g/mol. The van der Waals surface area contributed by atoms with Crippen molar-refractivity contribution in [2.45, 2.75) is 32.6 Å². The van der Waals surface area contributed by atoms with Crippen LogP contribution in [0.15, 0.2) is 167 Å². The third-order valence-corrected chi connectivity index (χ3v) is 10.2. The van der Waals surface area contributed by atoms with Gasteiger partial charge in [-0.1, -0.05) is 128 Å². The van der Waals surface area contributed by atoms with E-state index < -0.39 is 11.8 Å². The molecular weight excluding hydrogens is 884 g/mol. The van der Waals surface area contributed by atoms with Crippen molar-refractivity contribution in [1.29, 1.82) is 0 Å². The minimum Gasteiger partial charge on any atom is -0.501 e. The monoisotopic (exact) mass is 923 g/mol. The molecule has 10 rings (SSSR count). The van der Waals surface area contributed by atoms with Crippen molar-refractivity contribution in [2.24, 2.45) is 0 Å². The first-order valence-electron chi connectivity index (χ1n) is 19.5. The van der Waals surface area contributed by atoms with Crippen LogP contribution in [0.1, 0.15) is 52.0 Å².